The van der Waals surface area contributed by atoms with Crippen molar-refractivity contribution in [2.45, 2.75) is 172 Å². The zero-order valence-electron chi connectivity index (χ0n) is 47.9. The van der Waals surface area contributed by atoms with Gasteiger partial charge in [-0.05, 0) is 64.2 Å². The Morgan fingerprint density at radius 3 is 2.17 bits per heavy atom. The number of halogens is 1. The molecule has 3 unspecified atom stereocenters. The van der Waals surface area contributed by atoms with Gasteiger partial charge in [-0.25, -0.2) is 28.9 Å². The van der Waals surface area contributed by atoms with E-state index in [0.29, 0.717) is 5.56 Å². The van der Waals surface area contributed by atoms with E-state index in [-0.39, 0.29) is 40.1 Å². The van der Waals surface area contributed by atoms with Gasteiger partial charge in [0, 0.05) is 18.8 Å². The van der Waals surface area contributed by atoms with Gasteiger partial charge in [-0.15, -0.1) is 0 Å². The van der Waals surface area contributed by atoms with Gasteiger partial charge >= 0.3 is 31.7 Å². The Hall–Kier alpha value is -3.87. The van der Waals surface area contributed by atoms with E-state index in [1.807, 2.05) is 95.3 Å². The number of imidazole rings is 1. The number of carbonyl (C=O) groups excluding carboxylic acids is 1. The van der Waals surface area contributed by atoms with Crippen molar-refractivity contribution in [2.75, 3.05) is 25.1 Å². The third kappa shape index (κ3) is 12.8. The number of benzene rings is 1. The van der Waals surface area contributed by atoms with Gasteiger partial charge in [0.25, 0.3) is 11.5 Å². The molecule has 3 aliphatic heterocycles. The number of carbonyl (C=O) groups is 1. The number of nitrogens with zero attached hydrogens (tertiary/aromatic N) is 8. The molecule has 10 atom stereocenters. The second-order valence-electron chi connectivity index (χ2n) is 23.2. The second-order valence-corrected chi connectivity index (χ2v) is 41.0. The van der Waals surface area contributed by atoms with Gasteiger partial charge in [0.1, 0.15) is 48.3 Å². The van der Waals surface area contributed by atoms with Crippen LogP contribution in [-0.2, 0) is 68.5 Å². The summed E-state index contributed by atoms with van der Waals surface area (Å²) in [6, 6.07) is 10.5. The quantitative estimate of drug-likeness (QED) is 0.0444. The highest BCUT2D eigenvalue weighted by molar-refractivity contribution is 8.07. The molecule has 8 rings (SSSR count). The van der Waals surface area contributed by atoms with Crippen LogP contribution in [0.5, 0.6) is 0 Å². The maximum atomic E-state index is 16.2. The number of phosphoric acid groups is 1. The van der Waals surface area contributed by atoms with Gasteiger partial charge in [-0.2, -0.15) is 5.26 Å². The molecule has 3 aliphatic rings. The minimum Gasteiger partial charge on any atom is -0.414 e. The number of nitrogens with one attached hydrogen (secondary N) is 1. The normalized spacial score (nSPS) is 27.2. The Kier molecular flexibility index (Phi) is 18.9. The van der Waals surface area contributed by atoms with E-state index in [4.69, 9.17) is 56.9 Å². The summed E-state index contributed by atoms with van der Waals surface area (Å²) in [5.41, 5.74) is -1.54. The van der Waals surface area contributed by atoms with E-state index < -0.39 is 148 Å². The van der Waals surface area contributed by atoms with Crippen LogP contribution in [0.4, 0.5) is 10.2 Å². The highest BCUT2D eigenvalue weighted by Crippen LogP contribution is 2.59. The standard InChI is InChI=1S/C50H74FN9O15P2SSi3/c1-29(2)80(65,30(3)4)75-81(31(5)6,32(7)8)74-40-36-25-68-77(64,78)72-39-35(24-67-76(63,66-22-18-21-52)71-41(40)48(70-36)59-23-34(51)37-44(59)56-27-58(12)47(37)62)69-49(42(39)73-79(13,14)50(9,10)11)60-28-55-38-43(53-26-54-45(38)60)57-46(61)33-19-16-15-17-20-33/h15-17,19-20,23,26-32,35-36,39-42,48-49,65H,18,22,24-25H2,1-14H3,(H,64,78)(H,53,54,57,61)/t35?,36-,39-,40-,41-,42-,48-,49-,76?,77?/m1/s1. The predicted octanol–water partition coefficient (Wildman–Crippen LogP) is 9.14. The van der Waals surface area contributed by atoms with Crippen LogP contribution in [0.25, 0.3) is 22.2 Å². The van der Waals surface area contributed by atoms with Gasteiger partial charge in [-0.1, -0.05) is 94.4 Å². The number of aryl methyl sites for hydroxylation is 1. The summed E-state index contributed by atoms with van der Waals surface area (Å²) in [5, 5.41) is 11.7. The van der Waals surface area contributed by atoms with E-state index in [1.165, 1.54) is 30.6 Å². The average molecular weight is 1240 g/mol. The van der Waals surface area contributed by atoms with Gasteiger partial charge in [-0.3, -0.25) is 32.3 Å². The van der Waals surface area contributed by atoms with Crippen LogP contribution in [0, 0.1) is 17.1 Å². The molecule has 81 heavy (non-hydrogen) atoms. The van der Waals surface area contributed by atoms with Crippen LogP contribution in [0.15, 0.2) is 60.3 Å². The summed E-state index contributed by atoms with van der Waals surface area (Å²) in [6.45, 7) is 18.9. The van der Waals surface area contributed by atoms with Crippen LogP contribution in [-0.4, -0.2) is 131 Å². The van der Waals surface area contributed by atoms with Crippen LogP contribution in [0.3, 0.4) is 0 Å². The smallest absolute Gasteiger partial charge is 0.414 e. The van der Waals surface area contributed by atoms with Crippen molar-refractivity contribution in [3.63, 3.8) is 0 Å². The lowest BCUT2D eigenvalue weighted by molar-refractivity contribution is -0.0668. The summed E-state index contributed by atoms with van der Waals surface area (Å²) in [5.74, 6) is -1.31. The van der Waals surface area contributed by atoms with E-state index in [0.717, 1.165) is 10.8 Å². The SMILES string of the molecule is CC(C)[Si](O)(O[Si](O[C@H]1[C@H]2OP(=O)(OCCC#N)OCC3O[C@@H](n4cnc5c(NC(=O)c6ccccc6)ncnc54)[C@H](O[Si](C)(C)C(C)(C)C)[C@@H]3OP(O)(=S)OC[C@H]1O[C@H]2n1cc(F)c2c(=O)n(C)cnc21)(C(C)C)C(C)C)C(C)C. The number of aromatic nitrogens is 7. The number of amides is 1. The average Bonchev–Trinajstić information content (AvgIpc) is 4.17. The molecule has 1 amide bonds. The van der Waals surface area contributed by atoms with Crippen LogP contribution in [0.1, 0.15) is 105 Å². The van der Waals surface area contributed by atoms with Crippen molar-refractivity contribution < 1.29 is 68.5 Å². The van der Waals surface area contributed by atoms with Gasteiger partial charge in [0.05, 0.1) is 45.0 Å². The minimum atomic E-state index is -5.08. The summed E-state index contributed by atoms with van der Waals surface area (Å²) >= 11 is 5.89. The molecular formula is C50H74FN9O15P2SSi3. The molecule has 0 aliphatic carbocycles. The molecule has 0 saturated carbocycles. The predicted molar refractivity (Wildman–Crippen MR) is 307 cm³/mol. The van der Waals surface area contributed by atoms with E-state index in [9.17, 15) is 24.5 Å². The molecule has 4 aromatic heterocycles. The molecule has 2 bridgehead atoms. The van der Waals surface area contributed by atoms with Crippen molar-refractivity contribution in [2.24, 2.45) is 7.05 Å². The Morgan fingerprint density at radius 2 is 1.54 bits per heavy atom. The Bertz CT molecular complexity index is 3270. The van der Waals surface area contributed by atoms with Crippen molar-refractivity contribution in [1.29, 1.82) is 5.26 Å². The maximum absolute atomic E-state index is 16.2. The zero-order valence-corrected chi connectivity index (χ0v) is 53.5. The van der Waals surface area contributed by atoms with Crippen LogP contribution < -0.4 is 10.9 Å². The monoisotopic (exact) mass is 1240 g/mol. The topological polar surface area (TPSA) is 286 Å². The van der Waals surface area contributed by atoms with Crippen LogP contribution in [0.2, 0.25) is 40.3 Å². The molecule has 0 radical (unpaired) electrons. The summed E-state index contributed by atoms with van der Waals surface area (Å²) in [6.07, 6.45) is -6.58. The first-order valence-corrected chi connectivity index (χ1v) is 37.8. The number of hydrogen-bond acceptors (Lipinski definition) is 20. The first kappa shape index (κ1) is 63.2. The van der Waals surface area contributed by atoms with Crippen LogP contribution >= 0.6 is 14.5 Å². The lowest BCUT2D eigenvalue weighted by Gasteiger charge is -2.47. The number of rotatable bonds is 17. The first-order chi connectivity index (χ1) is 37.9. The van der Waals surface area contributed by atoms with Crippen molar-refractivity contribution in [3.05, 3.63) is 77.2 Å². The third-order valence-corrected chi connectivity index (χ3v) is 32.8. The lowest BCUT2D eigenvalue weighted by atomic mass is 10.1. The molecule has 0 spiro atoms. The van der Waals surface area contributed by atoms with Crippen molar-refractivity contribution >= 4 is 85.7 Å². The fourth-order valence-electron chi connectivity index (χ4n) is 9.97. The number of nitriles is 1. The molecule has 444 valence electrons. The molecule has 3 saturated heterocycles. The summed E-state index contributed by atoms with van der Waals surface area (Å²) in [4.78, 5) is 69.8. The summed E-state index contributed by atoms with van der Waals surface area (Å²) < 4.78 is 103. The molecule has 1 aromatic carbocycles. The zero-order chi connectivity index (χ0) is 59.4. The van der Waals surface area contributed by atoms with E-state index in [2.05, 4.69) is 25.3 Å². The summed E-state index contributed by atoms with van der Waals surface area (Å²) in [7, 11) is -14.1. The molecule has 3 fully saturated rings. The number of ether oxygens (including phenoxy) is 2. The largest absolute Gasteiger partial charge is 0.475 e. The fourth-order valence-corrected chi connectivity index (χ4v) is 24.0. The fraction of sp³-hybridized carbons (Fsp3) is 0.620. The van der Waals surface area contributed by atoms with Gasteiger partial charge in [0.15, 0.2) is 49.2 Å². The van der Waals surface area contributed by atoms with Crippen molar-refractivity contribution in [3.8, 4) is 6.07 Å². The van der Waals surface area contributed by atoms with E-state index >= 15 is 8.96 Å². The minimum absolute atomic E-state index is 0.0960. The molecule has 24 nitrogen and oxygen atoms in total. The highest BCUT2D eigenvalue weighted by Gasteiger charge is 2.62. The maximum Gasteiger partial charge on any atom is 0.475 e. The Labute approximate surface area is 478 Å². The molecular weight excluding hydrogens is 1160 g/mol. The molecule has 31 heteroatoms. The van der Waals surface area contributed by atoms with Gasteiger partial charge in [0.2, 0.25) is 0 Å². The number of anilines is 1. The van der Waals surface area contributed by atoms with Crippen molar-refractivity contribution in [1.82, 2.24) is 33.6 Å². The number of hydrogen-bond donors (Lipinski definition) is 3. The number of fused-ring (bicyclic) bond motifs is 5. The lowest BCUT2D eigenvalue weighted by Crippen LogP contribution is -2.62. The van der Waals surface area contributed by atoms with E-state index in [1.54, 1.807) is 34.9 Å². The third-order valence-electron chi connectivity index (χ3n) is 15.5. The molecule has 7 heterocycles. The number of phosphoric ester groups is 1. The van der Waals surface area contributed by atoms with Gasteiger partial charge < -0.3 is 51.1 Å². The first-order valence-electron chi connectivity index (χ1n) is 26.8. The second kappa shape index (κ2) is 24.2. The Balaban J connectivity index is 1.27. The highest BCUT2D eigenvalue weighted by atomic mass is 32.5. The molecule has 5 aromatic rings. The Morgan fingerprint density at radius 1 is 0.889 bits per heavy atom. The molecule has 3 N–H and O–H groups in total.